The van der Waals surface area contributed by atoms with E-state index in [2.05, 4.69) is 5.32 Å². The average Bonchev–Trinajstić information content (AvgIpc) is 3.39. The molecule has 1 aromatic carbocycles. The van der Waals surface area contributed by atoms with Crippen LogP contribution in [0.4, 0.5) is 0 Å². The Labute approximate surface area is 166 Å². The highest BCUT2D eigenvalue weighted by atomic mass is 16.7. The number of benzene rings is 1. The number of hydrogen-bond donors (Lipinski definition) is 1. The summed E-state index contributed by atoms with van der Waals surface area (Å²) in [5, 5.41) is 2.63. The first-order valence-electron chi connectivity index (χ1n) is 8.79. The molecule has 0 atom stereocenters. The van der Waals surface area contributed by atoms with Crippen LogP contribution in [0.5, 0.6) is 11.5 Å². The van der Waals surface area contributed by atoms with Crippen LogP contribution in [0.3, 0.4) is 0 Å². The van der Waals surface area contributed by atoms with Crippen LogP contribution in [0.1, 0.15) is 11.3 Å². The van der Waals surface area contributed by atoms with Gasteiger partial charge in [0.2, 0.25) is 12.7 Å². The second kappa shape index (κ2) is 9.45. The van der Waals surface area contributed by atoms with Crippen molar-refractivity contribution in [1.82, 2.24) is 10.2 Å². The zero-order chi connectivity index (χ0) is 20.6. The zero-order valence-electron chi connectivity index (χ0n) is 15.8. The van der Waals surface area contributed by atoms with E-state index in [1.165, 1.54) is 24.3 Å². The van der Waals surface area contributed by atoms with Gasteiger partial charge < -0.3 is 28.8 Å². The first-order chi connectivity index (χ1) is 14.0. The molecule has 2 amide bonds. The Bertz CT molecular complexity index is 906. The van der Waals surface area contributed by atoms with Crippen LogP contribution in [0.25, 0.3) is 6.08 Å². The summed E-state index contributed by atoms with van der Waals surface area (Å²) in [6.45, 7) is -0.231. The number of hydrogen-bond acceptors (Lipinski definition) is 7. The van der Waals surface area contributed by atoms with Crippen molar-refractivity contribution in [3.63, 3.8) is 0 Å². The molecule has 9 heteroatoms. The molecular weight excluding hydrogens is 380 g/mol. The number of amides is 2. The number of rotatable bonds is 8. The second-order valence-electron chi connectivity index (χ2n) is 6.16. The molecule has 1 N–H and O–H groups in total. The minimum Gasteiger partial charge on any atom is -0.467 e. The van der Waals surface area contributed by atoms with E-state index in [4.69, 9.17) is 18.6 Å². The molecule has 29 heavy (non-hydrogen) atoms. The van der Waals surface area contributed by atoms with Crippen LogP contribution in [0.15, 0.2) is 47.1 Å². The average molecular weight is 400 g/mol. The standard InChI is InChI=1S/C20H20N2O7/c1-22(11-18(23)21-10-15-3-2-8-26-15)19(24)12-27-20(25)7-5-14-4-6-16-17(9-14)29-13-28-16/h2-9H,10-13H2,1H3,(H,21,23)/b7-5+. The molecular formula is C20H20N2O7. The van der Waals surface area contributed by atoms with Gasteiger partial charge in [0.05, 0.1) is 19.4 Å². The summed E-state index contributed by atoms with van der Waals surface area (Å²) in [6, 6.07) is 8.67. The first-order valence-corrected chi connectivity index (χ1v) is 8.79. The van der Waals surface area contributed by atoms with Crippen LogP contribution in [0.2, 0.25) is 0 Å². The molecule has 9 nitrogen and oxygen atoms in total. The monoisotopic (exact) mass is 400 g/mol. The number of esters is 1. The van der Waals surface area contributed by atoms with Gasteiger partial charge in [-0.05, 0) is 35.9 Å². The molecule has 1 aliphatic rings. The Balaban J connectivity index is 1.38. The fourth-order valence-electron chi connectivity index (χ4n) is 2.43. The Morgan fingerprint density at radius 2 is 2.03 bits per heavy atom. The van der Waals surface area contributed by atoms with E-state index in [0.29, 0.717) is 17.3 Å². The van der Waals surface area contributed by atoms with Crippen molar-refractivity contribution in [3.05, 3.63) is 54.0 Å². The Morgan fingerprint density at radius 3 is 2.83 bits per heavy atom. The van der Waals surface area contributed by atoms with E-state index < -0.39 is 18.5 Å². The molecule has 152 valence electrons. The molecule has 3 rings (SSSR count). The lowest BCUT2D eigenvalue weighted by Gasteiger charge is -2.16. The van der Waals surface area contributed by atoms with Gasteiger partial charge in [-0.15, -0.1) is 0 Å². The van der Waals surface area contributed by atoms with E-state index in [1.807, 2.05) is 0 Å². The van der Waals surface area contributed by atoms with Gasteiger partial charge in [0, 0.05) is 13.1 Å². The number of ether oxygens (including phenoxy) is 3. The van der Waals surface area contributed by atoms with E-state index in [0.717, 1.165) is 5.56 Å². The van der Waals surface area contributed by atoms with Gasteiger partial charge in [-0.3, -0.25) is 9.59 Å². The minimum atomic E-state index is -0.674. The van der Waals surface area contributed by atoms with Gasteiger partial charge in [0.1, 0.15) is 5.76 Å². The van der Waals surface area contributed by atoms with Crippen LogP contribution in [-0.4, -0.2) is 49.7 Å². The number of furan rings is 1. The smallest absolute Gasteiger partial charge is 0.331 e. The SMILES string of the molecule is CN(CC(=O)NCc1ccco1)C(=O)COC(=O)/C=C/c1ccc2c(c1)OCO2. The number of nitrogens with zero attached hydrogens (tertiary/aromatic N) is 1. The highest BCUT2D eigenvalue weighted by molar-refractivity contribution is 5.90. The molecule has 0 fully saturated rings. The van der Waals surface area contributed by atoms with Crippen molar-refractivity contribution in [2.75, 3.05) is 27.0 Å². The summed E-state index contributed by atoms with van der Waals surface area (Å²) >= 11 is 0. The van der Waals surface area contributed by atoms with Gasteiger partial charge >= 0.3 is 5.97 Å². The Morgan fingerprint density at radius 1 is 1.21 bits per heavy atom. The third-order valence-corrected chi connectivity index (χ3v) is 3.99. The Kier molecular flexibility index (Phi) is 6.51. The van der Waals surface area contributed by atoms with Gasteiger partial charge in [-0.2, -0.15) is 0 Å². The molecule has 0 unspecified atom stereocenters. The van der Waals surface area contributed by atoms with Gasteiger partial charge in [0.25, 0.3) is 5.91 Å². The van der Waals surface area contributed by atoms with E-state index >= 15 is 0 Å². The van der Waals surface area contributed by atoms with Gasteiger partial charge in [-0.25, -0.2) is 4.79 Å². The normalized spacial score (nSPS) is 12.0. The molecule has 2 heterocycles. The third kappa shape index (κ3) is 5.86. The lowest BCUT2D eigenvalue weighted by molar-refractivity contribution is -0.148. The van der Waals surface area contributed by atoms with Crippen LogP contribution in [-0.2, 0) is 25.7 Å². The maximum Gasteiger partial charge on any atom is 0.331 e. The van der Waals surface area contributed by atoms with Gasteiger partial charge in [0.15, 0.2) is 18.1 Å². The fourth-order valence-corrected chi connectivity index (χ4v) is 2.43. The third-order valence-electron chi connectivity index (χ3n) is 3.99. The molecule has 0 saturated carbocycles. The van der Waals surface area contributed by atoms with Crippen LogP contribution < -0.4 is 14.8 Å². The number of carbonyl (C=O) groups is 3. The highest BCUT2D eigenvalue weighted by Gasteiger charge is 2.15. The van der Waals surface area contributed by atoms with Crippen molar-refractivity contribution < 1.29 is 33.0 Å². The molecule has 1 aliphatic heterocycles. The lowest BCUT2D eigenvalue weighted by atomic mass is 10.2. The predicted octanol–water partition coefficient (Wildman–Crippen LogP) is 1.34. The fraction of sp³-hybridized carbons (Fsp3) is 0.250. The summed E-state index contributed by atoms with van der Waals surface area (Å²) in [6.07, 6.45) is 4.26. The molecule has 2 aromatic rings. The van der Waals surface area contributed by atoms with Crippen molar-refractivity contribution in [1.29, 1.82) is 0 Å². The van der Waals surface area contributed by atoms with Gasteiger partial charge in [-0.1, -0.05) is 6.07 Å². The summed E-state index contributed by atoms with van der Waals surface area (Å²) in [4.78, 5) is 36.8. The van der Waals surface area contributed by atoms with Crippen LogP contribution >= 0.6 is 0 Å². The molecule has 0 bridgehead atoms. The van der Waals surface area contributed by atoms with Crippen LogP contribution in [0, 0.1) is 0 Å². The van der Waals surface area contributed by atoms with Crippen molar-refractivity contribution in [3.8, 4) is 11.5 Å². The predicted molar refractivity (Wildman–Crippen MR) is 101 cm³/mol. The molecule has 0 saturated heterocycles. The topological polar surface area (TPSA) is 107 Å². The minimum absolute atomic E-state index is 0.163. The number of fused-ring (bicyclic) bond motifs is 1. The first kappa shape index (κ1) is 20.0. The van der Waals surface area contributed by atoms with Crippen molar-refractivity contribution in [2.24, 2.45) is 0 Å². The molecule has 1 aromatic heterocycles. The summed E-state index contributed by atoms with van der Waals surface area (Å²) in [5.41, 5.74) is 0.725. The lowest BCUT2D eigenvalue weighted by Crippen LogP contribution is -2.39. The molecule has 0 spiro atoms. The van der Waals surface area contributed by atoms with E-state index in [1.54, 1.807) is 36.4 Å². The summed E-state index contributed by atoms with van der Waals surface area (Å²) in [5.74, 6) is 0.325. The molecule has 0 radical (unpaired) electrons. The maximum absolute atomic E-state index is 12.0. The second-order valence-corrected chi connectivity index (χ2v) is 6.16. The van der Waals surface area contributed by atoms with Crippen molar-refractivity contribution in [2.45, 2.75) is 6.54 Å². The van der Waals surface area contributed by atoms with Crippen molar-refractivity contribution >= 4 is 23.9 Å². The Hall–Kier alpha value is -3.75. The largest absolute Gasteiger partial charge is 0.467 e. The summed E-state index contributed by atoms with van der Waals surface area (Å²) < 4.78 is 20.5. The summed E-state index contributed by atoms with van der Waals surface area (Å²) in [7, 11) is 1.45. The zero-order valence-corrected chi connectivity index (χ0v) is 15.8. The van der Waals surface area contributed by atoms with E-state index in [9.17, 15) is 14.4 Å². The number of carbonyl (C=O) groups excluding carboxylic acids is 3. The quantitative estimate of drug-likeness (QED) is 0.526. The molecule has 0 aliphatic carbocycles. The number of likely N-dealkylation sites (N-methyl/N-ethyl adjacent to an activating group) is 1. The number of nitrogens with one attached hydrogen (secondary N) is 1. The highest BCUT2D eigenvalue weighted by Crippen LogP contribution is 2.32. The van der Waals surface area contributed by atoms with E-state index in [-0.39, 0.29) is 25.8 Å². The maximum atomic E-state index is 12.0.